The minimum atomic E-state index is -4.51. The van der Waals surface area contributed by atoms with Crippen molar-refractivity contribution in [1.82, 2.24) is 29.7 Å². The van der Waals surface area contributed by atoms with E-state index in [1.54, 1.807) is 17.3 Å². The van der Waals surface area contributed by atoms with Gasteiger partial charge in [0.1, 0.15) is 11.9 Å². The van der Waals surface area contributed by atoms with E-state index in [2.05, 4.69) is 25.0 Å². The molecular formula is C20H21F3N8O. The van der Waals surface area contributed by atoms with E-state index >= 15 is 0 Å². The van der Waals surface area contributed by atoms with Crippen molar-refractivity contribution in [3.8, 4) is 0 Å². The van der Waals surface area contributed by atoms with Crippen LogP contribution in [0.3, 0.4) is 0 Å². The van der Waals surface area contributed by atoms with E-state index in [4.69, 9.17) is 9.72 Å². The highest BCUT2D eigenvalue weighted by Gasteiger charge is 2.50. The molecule has 0 radical (unpaired) electrons. The number of nitrogens with zero attached hydrogens (tertiary/aromatic N) is 8. The highest BCUT2D eigenvalue weighted by Crippen LogP contribution is 2.45. The Morgan fingerprint density at radius 3 is 2.53 bits per heavy atom. The molecule has 3 fully saturated rings. The molecular weight excluding hydrogens is 425 g/mol. The predicted molar refractivity (Wildman–Crippen MR) is 108 cm³/mol. The van der Waals surface area contributed by atoms with Gasteiger partial charge in [0.2, 0.25) is 5.95 Å². The van der Waals surface area contributed by atoms with E-state index in [1.165, 1.54) is 13.1 Å². The zero-order valence-corrected chi connectivity index (χ0v) is 17.4. The Bertz CT molecular complexity index is 1190. The molecule has 3 aliphatic rings. The summed E-state index contributed by atoms with van der Waals surface area (Å²) in [5, 5.41) is 5.30. The Morgan fingerprint density at radius 1 is 1.03 bits per heavy atom. The predicted octanol–water partition coefficient (Wildman–Crippen LogP) is 2.23. The second-order valence-electron chi connectivity index (χ2n) is 8.91. The topological polar surface area (TPSA) is 85.1 Å². The minimum Gasteiger partial charge on any atom is -0.377 e. The molecule has 0 amide bonds. The van der Waals surface area contributed by atoms with E-state index in [1.807, 2.05) is 4.68 Å². The van der Waals surface area contributed by atoms with Crippen LogP contribution in [0.2, 0.25) is 0 Å². The number of hydrogen-bond acceptors (Lipinski definition) is 8. The van der Waals surface area contributed by atoms with E-state index in [9.17, 15) is 13.2 Å². The van der Waals surface area contributed by atoms with E-state index in [0.717, 1.165) is 24.0 Å². The van der Waals surface area contributed by atoms with Crippen molar-refractivity contribution in [2.24, 2.45) is 5.41 Å². The number of aryl methyl sites for hydroxylation is 1. The molecule has 3 aliphatic heterocycles. The fourth-order valence-electron chi connectivity index (χ4n) is 4.81. The van der Waals surface area contributed by atoms with Crippen molar-refractivity contribution in [3.05, 3.63) is 30.1 Å². The summed E-state index contributed by atoms with van der Waals surface area (Å²) in [6, 6.07) is 0.194. The van der Waals surface area contributed by atoms with Gasteiger partial charge in [0.15, 0.2) is 11.3 Å². The molecule has 3 aromatic rings. The lowest BCUT2D eigenvalue weighted by molar-refractivity contribution is -0.141. The molecule has 3 aromatic heterocycles. The molecule has 12 heteroatoms. The summed E-state index contributed by atoms with van der Waals surface area (Å²) in [6.45, 7) is 5.23. The molecule has 0 aromatic carbocycles. The van der Waals surface area contributed by atoms with Crippen LogP contribution < -0.4 is 9.80 Å². The summed E-state index contributed by atoms with van der Waals surface area (Å²) in [7, 11) is 0. The minimum absolute atomic E-state index is 0.0523. The van der Waals surface area contributed by atoms with Crippen molar-refractivity contribution >= 4 is 22.7 Å². The lowest BCUT2D eigenvalue weighted by Crippen LogP contribution is -2.58. The standard InChI is InChI=1S/C20H21F3N8O/c1-12-24-6-15(16(27-12)20(21,22)23)30-10-19(11-30)2-3-29(9-19)18-25-4-13-5-26-31(17(13)28-18)14-7-32-8-14/h4-6,14H,2-3,7-11H2,1H3. The third-order valence-electron chi connectivity index (χ3n) is 6.56. The second-order valence-corrected chi connectivity index (χ2v) is 8.91. The van der Waals surface area contributed by atoms with Gasteiger partial charge in [-0.1, -0.05) is 0 Å². The van der Waals surface area contributed by atoms with Crippen molar-refractivity contribution in [3.63, 3.8) is 0 Å². The number of ether oxygens (including phenoxy) is 1. The quantitative estimate of drug-likeness (QED) is 0.606. The molecule has 0 bridgehead atoms. The molecule has 0 saturated carbocycles. The highest BCUT2D eigenvalue weighted by molar-refractivity contribution is 5.75. The Kier molecular flexibility index (Phi) is 4.14. The van der Waals surface area contributed by atoms with Gasteiger partial charge < -0.3 is 14.5 Å². The van der Waals surface area contributed by atoms with Gasteiger partial charge in [-0.15, -0.1) is 0 Å². The summed E-state index contributed by atoms with van der Waals surface area (Å²) < 4.78 is 47.6. The van der Waals surface area contributed by atoms with Gasteiger partial charge in [-0.05, 0) is 13.3 Å². The van der Waals surface area contributed by atoms with Gasteiger partial charge in [0, 0.05) is 37.8 Å². The third kappa shape index (κ3) is 3.07. The third-order valence-corrected chi connectivity index (χ3v) is 6.56. The van der Waals surface area contributed by atoms with Crippen molar-refractivity contribution in [2.45, 2.75) is 25.6 Å². The SMILES string of the molecule is Cc1ncc(N2CC3(CCN(c4ncc5cnn(C6COC6)c5n4)C3)C2)c(C(F)(F)F)n1. The first-order chi connectivity index (χ1) is 15.3. The Morgan fingerprint density at radius 2 is 1.81 bits per heavy atom. The van der Waals surface area contributed by atoms with E-state index in [-0.39, 0.29) is 23.0 Å². The van der Waals surface area contributed by atoms with E-state index < -0.39 is 11.9 Å². The van der Waals surface area contributed by atoms with Crippen LogP contribution in [0.15, 0.2) is 18.6 Å². The largest absolute Gasteiger partial charge is 0.435 e. The van der Waals surface area contributed by atoms with Crippen LogP contribution in [0.5, 0.6) is 0 Å². The molecule has 0 unspecified atom stereocenters. The molecule has 9 nitrogen and oxygen atoms in total. The number of alkyl halides is 3. The number of anilines is 2. The molecule has 32 heavy (non-hydrogen) atoms. The van der Waals surface area contributed by atoms with Crippen molar-refractivity contribution in [2.75, 3.05) is 49.2 Å². The van der Waals surface area contributed by atoms with Crippen LogP contribution >= 0.6 is 0 Å². The lowest BCUT2D eigenvalue weighted by atomic mass is 9.78. The first kappa shape index (κ1) is 19.6. The molecule has 1 spiro atoms. The van der Waals surface area contributed by atoms with Crippen LogP contribution in [0.4, 0.5) is 24.8 Å². The summed E-state index contributed by atoms with van der Waals surface area (Å²) in [6.07, 6.45) is 1.18. The maximum Gasteiger partial charge on any atom is 0.435 e. The zero-order valence-electron chi connectivity index (χ0n) is 17.4. The number of halogens is 3. The number of hydrogen-bond donors (Lipinski definition) is 0. The van der Waals surface area contributed by atoms with Gasteiger partial charge in [0.05, 0.1) is 36.7 Å². The monoisotopic (exact) mass is 446 g/mol. The van der Waals surface area contributed by atoms with E-state index in [0.29, 0.717) is 38.8 Å². The molecule has 6 heterocycles. The fraction of sp³-hybridized carbons (Fsp3) is 0.550. The zero-order chi connectivity index (χ0) is 22.1. The second kappa shape index (κ2) is 6.74. The number of rotatable bonds is 3. The summed E-state index contributed by atoms with van der Waals surface area (Å²) in [5.41, 5.74) is -0.118. The van der Waals surface area contributed by atoms with Gasteiger partial charge in [-0.2, -0.15) is 23.3 Å². The number of fused-ring (bicyclic) bond motifs is 1. The molecule has 0 aliphatic carbocycles. The fourth-order valence-corrected chi connectivity index (χ4v) is 4.81. The van der Waals surface area contributed by atoms with Crippen LogP contribution in [-0.2, 0) is 10.9 Å². The van der Waals surface area contributed by atoms with Crippen LogP contribution in [0, 0.1) is 12.3 Å². The van der Waals surface area contributed by atoms with Crippen LogP contribution in [-0.4, -0.2) is 69.1 Å². The Labute approximate surface area is 181 Å². The van der Waals surface area contributed by atoms with Crippen molar-refractivity contribution in [1.29, 1.82) is 0 Å². The molecule has 0 N–H and O–H groups in total. The summed E-state index contributed by atoms with van der Waals surface area (Å²) in [5.74, 6) is 0.744. The Hall–Kier alpha value is -3.02. The van der Waals surface area contributed by atoms with Gasteiger partial charge in [-0.3, -0.25) is 0 Å². The van der Waals surface area contributed by atoms with Gasteiger partial charge >= 0.3 is 6.18 Å². The molecule has 0 atom stereocenters. The van der Waals surface area contributed by atoms with Crippen LogP contribution in [0.1, 0.15) is 24.0 Å². The van der Waals surface area contributed by atoms with Gasteiger partial charge in [0.25, 0.3) is 0 Å². The van der Waals surface area contributed by atoms with Crippen molar-refractivity contribution < 1.29 is 17.9 Å². The average molecular weight is 446 g/mol. The maximum absolute atomic E-state index is 13.5. The first-order valence-electron chi connectivity index (χ1n) is 10.5. The molecule has 168 valence electrons. The molecule has 3 saturated heterocycles. The lowest BCUT2D eigenvalue weighted by Gasteiger charge is -2.49. The van der Waals surface area contributed by atoms with Crippen LogP contribution in [0.25, 0.3) is 11.0 Å². The normalized spacial score (nSPS) is 20.8. The van der Waals surface area contributed by atoms with Gasteiger partial charge in [-0.25, -0.2) is 19.6 Å². The highest BCUT2D eigenvalue weighted by atomic mass is 19.4. The summed E-state index contributed by atoms with van der Waals surface area (Å²) in [4.78, 5) is 20.8. The average Bonchev–Trinajstić information content (AvgIpc) is 3.30. The Balaban J connectivity index is 1.20. The first-order valence-corrected chi connectivity index (χ1v) is 10.5. The number of aromatic nitrogens is 6. The summed E-state index contributed by atoms with van der Waals surface area (Å²) >= 11 is 0. The molecule has 6 rings (SSSR count). The smallest absolute Gasteiger partial charge is 0.377 e. The maximum atomic E-state index is 13.5.